The van der Waals surface area contributed by atoms with Crippen molar-refractivity contribution in [1.29, 1.82) is 0 Å². The maximum atomic E-state index is 12.2. The molecule has 1 aliphatic carbocycles. The van der Waals surface area contributed by atoms with Crippen LogP contribution >= 0.6 is 11.6 Å². The van der Waals surface area contributed by atoms with Gasteiger partial charge in [0.25, 0.3) is 0 Å². The Balaban J connectivity index is 2.31. The summed E-state index contributed by atoms with van der Waals surface area (Å²) in [5.74, 6) is -0.145. The second-order valence-corrected chi connectivity index (χ2v) is 6.96. The second-order valence-electron chi connectivity index (χ2n) is 6.52. The molecule has 0 radical (unpaired) electrons. The second kappa shape index (κ2) is 7.41. The van der Waals surface area contributed by atoms with Gasteiger partial charge in [-0.15, -0.1) is 0 Å². The van der Waals surface area contributed by atoms with Gasteiger partial charge in [0.2, 0.25) is 0 Å². The summed E-state index contributed by atoms with van der Waals surface area (Å²) in [4.78, 5) is 24.4. The molecule has 0 bridgehead atoms. The molecule has 0 aromatic heterocycles. The summed E-state index contributed by atoms with van der Waals surface area (Å²) < 4.78 is 11.3. The number of allylic oxidation sites excluding steroid dienone is 2. The van der Waals surface area contributed by atoms with Crippen molar-refractivity contribution in [2.75, 3.05) is 0 Å². The maximum absolute atomic E-state index is 12.2. The highest BCUT2D eigenvalue weighted by Crippen LogP contribution is 2.44. The zero-order valence-corrected chi connectivity index (χ0v) is 16.0. The molecule has 0 heterocycles. The topological polar surface area (TPSA) is 52.6 Å². The first-order chi connectivity index (χ1) is 12.8. The van der Waals surface area contributed by atoms with Crippen molar-refractivity contribution in [3.8, 4) is 11.5 Å². The SMILES string of the molecule is C=C(C)C(=O)Oc1c2c(c(OC(=O)C(=C)C)c3cc(Cl)ccc13)CC=CC2. The molecular formula is C22H19ClO4. The first-order valence-corrected chi connectivity index (χ1v) is 8.84. The lowest BCUT2D eigenvalue weighted by atomic mass is 9.90. The van der Waals surface area contributed by atoms with Gasteiger partial charge in [-0.1, -0.05) is 36.9 Å². The Morgan fingerprint density at radius 1 is 0.889 bits per heavy atom. The van der Waals surface area contributed by atoms with Crippen LogP contribution in [0.2, 0.25) is 5.02 Å². The highest BCUT2D eigenvalue weighted by Gasteiger charge is 2.25. The number of ether oxygens (including phenoxy) is 2. The molecule has 27 heavy (non-hydrogen) atoms. The minimum absolute atomic E-state index is 0.295. The fraction of sp³-hybridized carbons (Fsp3) is 0.182. The molecule has 0 unspecified atom stereocenters. The van der Waals surface area contributed by atoms with Gasteiger partial charge in [-0.05, 0) is 44.9 Å². The molecule has 4 nitrogen and oxygen atoms in total. The van der Waals surface area contributed by atoms with Crippen molar-refractivity contribution >= 4 is 34.3 Å². The third kappa shape index (κ3) is 3.67. The number of carbonyl (C=O) groups is 2. The van der Waals surface area contributed by atoms with Gasteiger partial charge in [-0.3, -0.25) is 0 Å². The summed E-state index contributed by atoms with van der Waals surface area (Å²) in [6.45, 7) is 10.5. The van der Waals surface area contributed by atoms with Crippen LogP contribution in [-0.2, 0) is 22.4 Å². The molecule has 0 saturated heterocycles. The molecule has 0 fully saturated rings. The molecule has 138 valence electrons. The van der Waals surface area contributed by atoms with Crippen molar-refractivity contribution in [2.45, 2.75) is 26.7 Å². The molecule has 5 heteroatoms. The van der Waals surface area contributed by atoms with Crippen molar-refractivity contribution in [3.05, 3.63) is 70.8 Å². The van der Waals surface area contributed by atoms with E-state index in [4.69, 9.17) is 21.1 Å². The minimum atomic E-state index is -0.514. The Labute approximate surface area is 162 Å². The van der Waals surface area contributed by atoms with E-state index < -0.39 is 11.9 Å². The number of esters is 2. The molecular weight excluding hydrogens is 364 g/mol. The van der Waals surface area contributed by atoms with Crippen LogP contribution in [0.1, 0.15) is 25.0 Å². The molecule has 3 rings (SSSR count). The Morgan fingerprint density at radius 3 is 1.85 bits per heavy atom. The van der Waals surface area contributed by atoms with Crippen molar-refractivity contribution in [3.63, 3.8) is 0 Å². The first kappa shape index (κ1) is 18.9. The number of carbonyl (C=O) groups excluding carboxylic acids is 2. The quantitative estimate of drug-likeness (QED) is 0.319. The van der Waals surface area contributed by atoms with Crippen LogP contribution in [0.3, 0.4) is 0 Å². The predicted molar refractivity (Wildman–Crippen MR) is 106 cm³/mol. The van der Waals surface area contributed by atoms with Crippen LogP contribution in [0, 0.1) is 0 Å². The number of rotatable bonds is 4. The Kier molecular flexibility index (Phi) is 5.19. The average Bonchev–Trinajstić information content (AvgIpc) is 2.63. The number of halogens is 1. The van der Waals surface area contributed by atoms with Gasteiger partial charge in [-0.2, -0.15) is 0 Å². The van der Waals surface area contributed by atoms with E-state index in [-0.39, 0.29) is 0 Å². The highest BCUT2D eigenvalue weighted by molar-refractivity contribution is 6.31. The van der Waals surface area contributed by atoms with Crippen LogP contribution in [0.4, 0.5) is 0 Å². The monoisotopic (exact) mass is 382 g/mol. The van der Waals surface area contributed by atoms with E-state index in [0.29, 0.717) is 51.3 Å². The van der Waals surface area contributed by atoms with Crippen LogP contribution in [-0.4, -0.2) is 11.9 Å². The standard InChI is InChI=1S/C22H19ClO4/c1-12(2)21(24)26-19-15-7-5-6-8-16(15)20(27-22(25)13(3)4)18-11-14(23)9-10-17(18)19/h5-6,9-11H,1,3,7-8H2,2,4H3. The summed E-state index contributed by atoms with van der Waals surface area (Å²) in [7, 11) is 0. The van der Waals surface area contributed by atoms with E-state index in [1.54, 1.807) is 32.0 Å². The number of hydrogen-bond donors (Lipinski definition) is 0. The van der Waals surface area contributed by atoms with Crippen molar-refractivity contribution in [1.82, 2.24) is 0 Å². The smallest absolute Gasteiger partial charge is 0.338 e. The highest BCUT2D eigenvalue weighted by atomic mass is 35.5. The molecule has 0 saturated carbocycles. The summed E-state index contributed by atoms with van der Waals surface area (Å²) >= 11 is 6.19. The van der Waals surface area contributed by atoms with Crippen LogP contribution < -0.4 is 9.47 Å². The maximum Gasteiger partial charge on any atom is 0.338 e. The zero-order valence-electron chi connectivity index (χ0n) is 15.2. The molecule has 0 N–H and O–H groups in total. The summed E-state index contributed by atoms with van der Waals surface area (Å²) in [5.41, 5.74) is 2.20. The molecule has 0 atom stereocenters. The zero-order chi connectivity index (χ0) is 19.7. The Morgan fingerprint density at radius 2 is 1.37 bits per heavy atom. The molecule has 0 aliphatic heterocycles. The van der Waals surface area contributed by atoms with Gasteiger partial charge in [0.05, 0.1) is 0 Å². The minimum Gasteiger partial charge on any atom is -0.422 e. The van der Waals surface area contributed by atoms with E-state index in [9.17, 15) is 9.59 Å². The van der Waals surface area contributed by atoms with E-state index in [1.165, 1.54) is 0 Å². The predicted octanol–water partition coefficient (Wildman–Crippen LogP) is 5.11. The number of fused-ring (bicyclic) bond motifs is 2. The summed E-state index contributed by atoms with van der Waals surface area (Å²) in [6.07, 6.45) is 5.09. The Bertz CT molecular complexity index is 1030. The average molecular weight is 383 g/mol. The van der Waals surface area contributed by atoms with E-state index in [0.717, 1.165) is 11.1 Å². The molecule has 0 amide bonds. The van der Waals surface area contributed by atoms with Gasteiger partial charge in [0.15, 0.2) is 0 Å². The number of hydrogen-bond acceptors (Lipinski definition) is 4. The lowest BCUT2D eigenvalue weighted by Crippen LogP contribution is -2.15. The normalized spacial score (nSPS) is 12.4. The lowest BCUT2D eigenvalue weighted by Gasteiger charge is -2.22. The van der Waals surface area contributed by atoms with E-state index in [1.807, 2.05) is 12.2 Å². The summed E-state index contributed by atoms with van der Waals surface area (Å²) in [6, 6.07) is 5.17. The van der Waals surface area contributed by atoms with Crippen molar-refractivity contribution in [2.24, 2.45) is 0 Å². The van der Waals surface area contributed by atoms with Crippen molar-refractivity contribution < 1.29 is 19.1 Å². The van der Waals surface area contributed by atoms with Gasteiger partial charge >= 0.3 is 11.9 Å². The largest absolute Gasteiger partial charge is 0.422 e. The van der Waals surface area contributed by atoms with Crippen LogP contribution in [0.5, 0.6) is 11.5 Å². The molecule has 2 aromatic rings. The third-order valence-corrected chi connectivity index (χ3v) is 4.52. The van der Waals surface area contributed by atoms with Crippen LogP contribution in [0.25, 0.3) is 10.8 Å². The molecule has 1 aliphatic rings. The lowest BCUT2D eigenvalue weighted by molar-refractivity contribution is -0.131. The van der Waals surface area contributed by atoms with Gasteiger partial charge in [0, 0.05) is 38.1 Å². The third-order valence-electron chi connectivity index (χ3n) is 4.28. The van der Waals surface area contributed by atoms with Crippen LogP contribution in [0.15, 0.2) is 54.7 Å². The van der Waals surface area contributed by atoms with Gasteiger partial charge in [0.1, 0.15) is 11.5 Å². The summed E-state index contributed by atoms with van der Waals surface area (Å²) in [5, 5.41) is 1.74. The van der Waals surface area contributed by atoms with Gasteiger partial charge in [-0.25, -0.2) is 9.59 Å². The molecule has 2 aromatic carbocycles. The van der Waals surface area contributed by atoms with E-state index in [2.05, 4.69) is 13.2 Å². The number of benzene rings is 2. The Hall–Kier alpha value is -2.85. The van der Waals surface area contributed by atoms with Gasteiger partial charge < -0.3 is 9.47 Å². The van der Waals surface area contributed by atoms with E-state index >= 15 is 0 Å². The fourth-order valence-corrected chi connectivity index (χ4v) is 3.10. The molecule has 0 spiro atoms. The fourth-order valence-electron chi connectivity index (χ4n) is 2.93. The first-order valence-electron chi connectivity index (χ1n) is 8.47.